The van der Waals surface area contributed by atoms with Crippen molar-refractivity contribution in [3.05, 3.63) is 60.2 Å². The number of aryl methyl sites for hydroxylation is 1. The molecule has 0 saturated carbocycles. The van der Waals surface area contributed by atoms with E-state index in [-0.39, 0.29) is 0 Å². The smallest absolute Gasteiger partial charge is 0.240 e. The molecule has 1 N–H and O–H groups in total. The Morgan fingerprint density at radius 1 is 1.13 bits per heavy atom. The fourth-order valence-electron chi connectivity index (χ4n) is 2.97. The van der Waals surface area contributed by atoms with E-state index in [1.165, 1.54) is 5.69 Å². The lowest BCUT2D eigenvalue weighted by molar-refractivity contribution is 0.541. The summed E-state index contributed by atoms with van der Waals surface area (Å²) in [6.07, 6.45) is 1.01. The molecule has 1 atom stereocenters. The number of sulfonamides is 1. The lowest BCUT2D eigenvalue weighted by atomic mass is 10.1. The molecule has 0 aromatic heterocycles. The molecule has 0 aliphatic carbocycles. The molecule has 1 unspecified atom stereocenters. The molecule has 1 saturated heterocycles. The predicted octanol–water partition coefficient (Wildman–Crippen LogP) is 2.80. The molecular formula is C18H22N2O2S. The molecule has 3 rings (SSSR count). The number of nitrogens with one attached hydrogen (secondary N) is 1. The Kier molecular flexibility index (Phi) is 4.68. The van der Waals surface area contributed by atoms with Gasteiger partial charge in [0, 0.05) is 25.3 Å². The third-order valence-electron chi connectivity index (χ3n) is 4.27. The fourth-order valence-corrected chi connectivity index (χ4v) is 4.19. The standard InChI is InChI=1S/C18H22N2O2S/c1-15-6-5-9-18(12-15)23(21,22)19-13-16-10-11-20(14-16)17-7-3-2-4-8-17/h2-9,12,16,19H,10-11,13-14H2,1H3. The average molecular weight is 330 g/mol. The Balaban J connectivity index is 1.59. The van der Waals surface area contributed by atoms with Gasteiger partial charge in [0.25, 0.3) is 0 Å². The van der Waals surface area contributed by atoms with E-state index < -0.39 is 10.0 Å². The van der Waals surface area contributed by atoms with Crippen molar-refractivity contribution in [2.75, 3.05) is 24.5 Å². The molecule has 4 nitrogen and oxygen atoms in total. The first kappa shape index (κ1) is 16.0. The van der Waals surface area contributed by atoms with E-state index in [4.69, 9.17) is 0 Å². The summed E-state index contributed by atoms with van der Waals surface area (Å²) < 4.78 is 27.5. The maximum atomic E-state index is 12.4. The van der Waals surface area contributed by atoms with Crippen LogP contribution in [0, 0.1) is 12.8 Å². The summed E-state index contributed by atoms with van der Waals surface area (Å²) in [5.41, 5.74) is 2.15. The van der Waals surface area contributed by atoms with Gasteiger partial charge in [-0.15, -0.1) is 0 Å². The molecule has 23 heavy (non-hydrogen) atoms. The van der Waals surface area contributed by atoms with Crippen LogP contribution in [0.2, 0.25) is 0 Å². The Morgan fingerprint density at radius 3 is 2.65 bits per heavy atom. The van der Waals surface area contributed by atoms with E-state index >= 15 is 0 Å². The number of hydrogen-bond donors (Lipinski definition) is 1. The zero-order valence-electron chi connectivity index (χ0n) is 13.3. The monoisotopic (exact) mass is 330 g/mol. The largest absolute Gasteiger partial charge is 0.371 e. The zero-order valence-corrected chi connectivity index (χ0v) is 14.1. The minimum Gasteiger partial charge on any atom is -0.371 e. The highest BCUT2D eigenvalue weighted by Crippen LogP contribution is 2.23. The molecule has 0 amide bonds. The molecule has 122 valence electrons. The van der Waals surface area contributed by atoms with Crippen molar-refractivity contribution in [2.45, 2.75) is 18.2 Å². The number of nitrogens with zero attached hydrogens (tertiary/aromatic N) is 1. The highest BCUT2D eigenvalue weighted by molar-refractivity contribution is 7.89. The molecule has 1 heterocycles. The van der Waals surface area contributed by atoms with Gasteiger partial charge in [0.15, 0.2) is 0 Å². The second-order valence-corrected chi connectivity index (χ2v) is 7.87. The minimum absolute atomic E-state index is 0.342. The van der Waals surface area contributed by atoms with Crippen molar-refractivity contribution in [3.63, 3.8) is 0 Å². The van der Waals surface area contributed by atoms with Crippen LogP contribution in [0.4, 0.5) is 5.69 Å². The molecule has 2 aromatic rings. The van der Waals surface area contributed by atoms with Crippen LogP contribution >= 0.6 is 0 Å². The molecule has 2 aromatic carbocycles. The van der Waals surface area contributed by atoms with Gasteiger partial charge in [0.2, 0.25) is 10.0 Å². The third-order valence-corrected chi connectivity index (χ3v) is 5.69. The Bertz CT molecular complexity index is 760. The molecule has 0 radical (unpaired) electrons. The van der Waals surface area contributed by atoms with Crippen molar-refractivity contribution in [1.29, 1.82) is 0 Å². The summed E-state index contributed by atoms with van der Waals surface area (Å²) in [6.45, 7) is 4.24. The lowest BCUT2D eigenvalue weighted by Crippen LogP contribution is -2.31. The van der Waals surface area contributed by atoms with E-state index in [0.29, 0.717) is 17.4 Å². The van der Waals surface area contributed by atoms with Crippen LogP contribution in [-0.2, 0) is 10.0 Å². The maximum absolute atomic E-state index is 12.4. The summed E-state index contributed by atoms with van der Waals surface area (Å²) >= 11 is 0. The first-order valence-electron chi connectivity index (χ1n) is 7.91. The second kappa shape index (κ2) is 6.72. The van der Waals surface area contributed by atoms with Crippen LogP contribution < -0.4 is 9.62 Å². The summed E-state index contributed by atoms with van der Waals surface area (Å²) in [5.74, 6) is 0.342. The quantitative estimate of drug-likeness (QED) is 0.917. The zero-order chi connectivity index (χ0) is 16.3. The maximum Gasteiger partial charge on any atom is 0.240 e. The Morgan fingerprint density at radius 2 is 1.91 bits per heavy atom. The lowest BCUT2D eigenvalue weighted by Gasteiger charge is -2.18. The van der Waals surface area contributed by atoms with Crippen LogP contribution in [0.3, 0.4) is 0 Å². The van der Waals surface area contributed by atoms with Crippen LogP contribution in [0.1, 0.15) is 12.0 Å². The van der Waals surface area contributed by atoms with Crippen molar-refractivity contribution in [2.24, 2.45) is 5.92 Å². The highest BCUT2D eigenvalue weighted by atomic mass is 32.2. The van der Waals surface area contributed by atoms with Gasteiger partial charge in [0.1, 0.15) is 0 Å². The number of para-hydroxylation sites is 1. The molecule has 5 heteroatoms. The number of rotatable bonds is 5. The SMILES string of the molecule is Cc1cccc(S(=O)(=O)NCC2CCN(c3ccccc3)C2)c1. The van der Waals surface area contributed by atoms with Crippen molar-refractivity contribution in [3.8, 4) is 0 Å². The number of anilines is 1. The van der Waals surface area contributed by atoms with E-state index in [9.17, 15) is 8.42 Å². The van der Waals surface area contributed by atoms with E-state index in [2.05, 4.69) is 21.8 Å². The van der Waals surface area contributed by atoms with Gasteiger partial charge in [-0.1, -0.05) is 30.3 Å². The van der Waals surface area contributed by atoms with Crippen LogP contribution in [-0.4, -0.2) is 28.1 Å². The highest BCUT2D eigenvalue weighted by Gasteiger charge is 2.24. The van der Waals surface area contributed by atoms with Gasteiger partial charge in [-0.25, -0.2) is 13.1 Å². The number of benzene rings is 2. The van der Waals surface area contributed by atoms with Crippen LogP contribution in [0.15, 0.2) is 59.5 Å². The molecule has 1 fully saturated rings. The van der Waals surface area contributed by atoms with Gasteiger partial charge in [-0.3, -0.25) is 0 Å². The molecule has 1 aliphatic heterocycles. The first-order valence-corrected chi connectivity index (χ1v) is 9.39. The van der Waals surface area contributed by atoms with Crippen molar-refractivity contribution >= 4 is 15.7 Å². The topological polar surface area (TPSA) is 49.4 Å². The van der Waals surface area contributed by atoms with Gasteiger partial charge in [0.05, 0.1) is 4.90 Å². The normalized spacial score (nSPS) is 18.3. The third kappa shape index (κ3) is 3.92. The van der Waals surface area contributed by atoms with Gasteiger partial charge in [-0.05, 0) is 49.1 Å². The number of hydrogen-bond acceptors (Lipinski definition) is 3. The van der Waals surface area contributed by atoms with E-state index in [1.54, 1.807) is 18.2 Å². The second-order valence-electron chi connectivity index (χ2n) is 6.10. The molecule has 1 aliphatic rings. The van der Waals surface area contributed by atoms with Gasteiger partial charge in [-0.2, -0.15) is 0 Å². The van der Waals surface area contributed by atoms with Gasteiger partial charge < -0.3 is 4.90 Å². The molecular weight excluding hydrogens is 308 g/mol. The summed E-state index contributed by atoms with van der Waals surface area (Å²) in [4.78, 5) is 2.65. The van der Waals surface area contributed by atoms with Crippen LogP contribution in [0.5, 0.6) is 0 Å². The van der Waals surface area contributed by atoms with Gasteiger partial charge >= 0.3 is 0 Å². The molecule has 0 bridgehead atoms. The van der Waals surface area contributed by atoms with E-state index in [0.717, 1.165) is 25.1 Å². The van der Waals surface area contributed by atoms with Crippen LogP contribution in [0.25, 0.3) is 0 Å². The van der Waals surface area contributed by atoms with E-state index in [1.807, 2.05) is 31.2 Å². The van der Waals surface area contributed by atoms with Crippen molar-refractivity contribution in [1.82, 2.24) is 4.72 Å². The predicted molar refractivity (Wildman–Crippen MR) is 93.1 cm³/mol. The summed E-state index contributed by atoms with van der Waals surface area (Å²) in [6, 6.07) is 17.3. The average Bonchev–Trinajstić information content (AvgIpc) is 3.03. The first-order chi connectivity index (χ1) is 11.0. The minimum atomic E-state index is -3.42. The Labute approximate surface area is 138 Å². The fraction of sp³-hybridized carbons (Fsp3) is 0.333. The van der Waals surface area contributed by atoms with Crippen molar-refractivity contribution < 1.29 is 8.42 Å². The Hall–Kier alpha value is -1.85. The summed E-state index contributed by atoms with van der Waals surface area (Å²) in [5, 5.41) is 0. The summed E-state index contributed by atoms with van der Waals surface area (Å²) in [7, 11) is -3.42. The molecule has 0 spiro atoms.